The second kappa shape index (κ2) is 5.17. The SMILES string of the molecule is O=S1(=O)c2ccccc2N=CN1Cc1ccc(I)cc1. The molecule has 0 aliphatic carbocycles. The largest absolute Gasteiger partial charge is 0.267 e. The summed E-state index contributed by atoms with van der Waals surface area (Å²) in [5.41, 5.74) is 1.42. The van der Waals surface area contributed by atoms with E-state index in [4.69, 9.17) is 0 Å². The van der Waals surface area contributed by atoms with Gasteiger partial charge in [-0.3, -0.25) is 4.31 Å². The topological polar surface area (TPSA) is 49.7 Å². The zero-order valence-electron chi connectivity index (χ0n) is 10.4. The highest BCUT2D eigenvalue weighted by Gasteiger charge is 2.28. The molecule has 0 fully saturated rings. The van der Waals surface area contributed by atoms with Crippen LogP contribution in [0.3, 0.4) is 0 Å². The maximum absolute atomic E-state index is 12.5. The second-order valence-electron chi connectivity index (χ2n) is 4.39. The van der Waals surface area contributed by atoms with Crippen LogP contribution in [0, 0.1) is 3.57 Å². The Bertz CT molecular complexity index is 770. The predicted molar refractivity (Wildman–Crippen MR) is 86.5 cm³/mol. The highest BCUT2D eigenvalue weighted by Crippen LogP contribution is 2.30. The number of nitrogens with zero attached hydrogens (tertiary/aromatic N) is 2. The molecule has 1 heterocycles. The molecule has 20 heavy (non-hydrogen) atoms. The van der Waals surface area contributed by atoms with Gasteiger partial charge in [-0.05, 0) is 52.4 Å². The van der Waals surface area contributed by atoms with Crippen molar-refractivity contribution < 1.29 is 8.42 Å². The molecule has 1 aliphatic rings. The Morgan fingerprint density at radius 2 is 1.75 bits per heavy atom. The van der Waals surface area contributed by atoms with Crippen LogP contribution in [-0.4, -0.2) is 19.1 Å². The molecule has 0 saturated heterocycles. The Morgan fingerprint density at radius 1 is 1.05 bits per heavy atom. The van der Waals surface area contributed by atoms with Crippen LogP contribution in [0.1, 0.15) is 5.56 Å². The van der Waals surface area contributed by atoms with Crippen LogP contribution in [0.5, 0.6) is 0 Å². The Morgan fingerprint density at radius 3 is 2.50 bits per heavy atom. The molecule has 6 heteroatoms. The third-order valence-electron chi connectivity index (χ3n) is 3.03. The van der Waals surface area contributed by atoms with E-state index in [1.807, 2.05) is 24.3 Å². The summed E-state index contributed by atoms with van der Waals surface area (Å²) in [6.07, 6.45) is 1.38. The smallest absolute Gasteiger partial charge is 0.252 e. The van der Waals surface area contributed by atoms with Gasteiger partial charge in [-0.1, -0.05) is 24.3 Å². The number of halogens is 1. The standard InChI is InChI=1S/C14H11IN2O2S/c15-12-7-5-11(6-8-12)9-17-10-16-13-3-1-2-4-14(13)20(17,18)19/h1-8,10H,9H2. The summed E-state index contributed by atoms with van der Waals surface area (Å²) in [7, 11) is -3.51. The zero-order chi connectivity index (χ0) is 14.2. The normalized spacial score (nSPS) is 15.9. The molecule has 102 valence electrons. The minimum absolute atomic E-state index is 0.257. The van der Waals surface area contributed by atoms with E-state index in [2.05, 4.69) is 27.6 Å². The van der Waals surface area contributed by atoms with Crippen LogP contribution in [0.2, 0.25) is 0 Å². The van der Waals surface area contributed by atoms with E-state index in [9.17, 15) is 8.42 Å². The fourth-order valence-corrected chi connectivity index (χ4v) is 3.73. The van der Waals surface area contributed by atoms with E-state index < -0.39 is 10.0 Å². The molecule has 3 rings (SSSR count). The third-order valence-corrected chi connectivity index (χ3v) is 5.49. The minimum atomic E-state index is -3.51. The lowest BCUT2D eigenvalue weighted by Crippen LogP contribution is -2.31. The van der Waals surface area contributed by atoms with Gasteiger partial charge in [0, 0.05) is 3.57 Å². The Balaban J connectivity index is 1.95. The van der Waals surface area contributed by atoms with E-state index in [-0.39, 0.29) is 11.4 Å². The Hall–Kier alpha value is -1.41. The van der Waals surface area contributed by atoms with Crippen LogP contribution in [-0.2, 0) is 16.6 Å². The third kappa shape index (κ3) is 2.45. The van der Waals surface area contributed by atoms with Crippen LogP contribution in [0.25, 0.3) is 0 Å². The lowest BCUT2D eigenvalue weighted by atomic mass is 10.2. The number of hydrogen-bond acceptors (Lipinski definition) is 3. The van der Waals surface area contributed by atoms with Gasteiger partial charge in [-0.15, -0.1) is 0 Å². The molecular weight excluding hydrogens is 387 g/mol. The number of benzene rings is 2. The van der Waals surface area contributed by atoms with Crippen molar-refractivity contribution in [1.29, 1.82) is 0 Å². The van der Waals surface area contributed by atoms with Gasteiger partial charge >= 0.3 is 0 Å². The Kier molecular flexibility index (Phi) is 3.51. The lowest BCUT2D eigenvalue weighted by molar-refractivity contribution is 0.521. The summed E-state index contributed by atoms with van der Waals surface area (Å²) in [5, 5.41) is 0. The van der Waals surface area contributed by atoms with E-state index in [0.29, 0.717) is 5.69 Å². The first kappa shape index (κ1) is 13.6. The van der Waals surface area contributed by atoms with Crippen molar-refractivity contribution >= 4 is 44.6 Å². The van der Waals surface area contributed by atoms with Gasteiger partial charge in [-0.25, -0.2) is 13.4 Å². The quantitative estimate of drug-likeness (QED) is 0.730. The number of rotatable bonds is 2. The van der Waals surface area contributed by atoms with Gasteiger partial charge in [0.1, 0.15) is 11.2 Å². The molecule has 0 unspecified atom stereocenters. The summed E-state index contributed by atoms with van der Waals surface area (Å²) in [6, 6.07) is 14.5. The molecule has 2 aromatic carbocycles. The van der Waals surface area contributed by atoms with E-state index in [1.165, 1.54) is 10.6 Å². The maximum atomic E-state index is 12.5. The monoisotopic (exact) mass is 398 g/mol. The summed E-state index contributed by atoms with van der Waals surface area (Å²) in [5.74, 6) is 0. The zero-order valence-corrected chi connectivity index (χ0v) is 13.4. The molecule has 0 saturated carbocycles. The number of aliphatic imine (C=N–C) groups is 1. The lowest BCUT2D eigenvalue weighted by Gasteiger charge is -2.24. The van der Waals surface area contributed by atoms with Crippen LogP contribution in [0.15, 0.2) is 58.4 Å². The first-order valence-electron chi connectivity index (χ1n) is 5.97. The van der Waals surface area contributed by atoms with Gasteiger partial charge in [0.05, 0.1) is 12.2 Å². The summed E-state index contributed by atoms with van der Waals surface area (Å²) < 4.78 is 27.4. The highest BCUT2D eigenvalue weighted by molar-refractivity contribution is 14.1. The highest BCUT2D eigenvalue weighted by atomic mass is 127. The summed E-state index contributed by atoms with van der Waals surface area (Å²) in [4.78, 5) is 4.46. The van der Waals surface area contributed by atoms with Gasteiger partial charge in [-0.2, -0.15) is 0 Å². The second-order valence-corrected chi connectivity index (χ2v) is 7.49. The molecular formula is C14H11IN2O2S. The molecule has 0 spiro atoms. The van der Waals surface area contributed by atoms with Crippen molar-refractivity contribution in [3.8, 4) is 0 Å². The van der Waals surface area contributed by atoms with Gasteiger partial charge in [0.15, 0.2) is 0 Å². The molecule has 0 atom stereocenters. The predicted octanol–water partition coefficient (Wildman–Crippen LogP) is 3.16. The van der Waals surface area contributed by atoms with Crippen molar-refractivity contribution in [1.82, 2.24) is 4.31 Å². The molecule has 0 amide bonds. The molecule has 0 radical (unpaired) electrons. The minimum Gasteiger partial charge on any atom is -0.252 e. The average Bonchev–Trinajstić information content (AvgIpc) is 2.44. The van der Waals surface area contributed by atoms with Crippen molar-refractivity contribution in [2.75, 3.05) is 0 Å². The van der Waals surface area contributed by atoms with Crippen molar-refractivity contribution in [3.05, 3.63) is 57.7 Å². The Labute approximate surface area is 131 Å². The maximum Gasteiger partial charge on any atom is 0.267 e. The molecule has 0 aromatic heterocycles. The molecule has 2 aromatic rings. The van der Waals surface area contributed by atoms with E-state index in [1.54, 1.807) is 24.3 Å². The van der Waals surface area contributed by atoms with E-state index in [0.717, 1.165) is 9.13 Å². The van der Waals surface area contributed by atoms with Crippen LogP contribution >= 0.6 is 22.6 Å². The van der Waals surface area contributed by atoms with E-state index >= 15 is 0 Å². The number of para-hydroxylation sites is 1. The first-order valence-corrected chi connectivity index (χ1v) is 8.49. The summed E-state index contributed by atoms with van der Waals surface area (Å²) in [6.45, 7) is 0.289. The fourth-order valence-electron chi connectivity index (χ4n) is 1.99. The van der Waals surface area contributed by atoms with Gasteiger partial charge < -0.3 is 0 Å². The van der Waals surface area contributed by atoms with Crippen molar-refractivity contribution in [3.63, 3.8) is 0 Å². The molecule has 4 nitrogen and oxygen atoms in total. The van der Waals surface area contributed by atoms with Gasteiger partial charge in [0.25, 0.3) is 10.0 Å². The van der Waals surface area contributed by atoms with Crippen LogP contribution in [0.4, 0.5) is 5.69 Å². The molecule has 0 bridgehead atoms. The van der Waals surface area contributed by atoms with Gasteiger partial charge in [0.2, 0.25) is 0 Å². The fraction of sp³-hybridized carbons (Fsp3) is 0.0714. The van der Waals surface area contributed by atoms with Crippen molar-refractivity contribution in [2.45, 2.75) is 11.4 Å². The number of sulfonamides is 1. The average molecular weight is 398 g/mol. The summed E-state index contributed by atoms with van der Waals surface area (Å²) >= 11 is 2.22. The molecule has 1 aliphatic heterocycles. The molecule has 0 N–H and O–H groups in total. The first-order chi connectivity index (χ1) is 9.57. The number of hydrogen-bond donors (Lipinski definition) is 0. The van der Waals surface area contributed by atoms with Crippen molar-refractivity contribution in [2.24, 2.45) is 4.99 Å². The van der Waals surface area contributed by atoms with Crippen LogP contribution < -0.4 is 0 Å². The number of fused-ring (bicyclic) bond motifs is 1.